The van der Waals surface area contributed by atoms with Crippen LogP contribution in [0.25, 0.3) is 0 Å². The molecule has 0 aromatic carbocycles. The minimum absolute atomic E-state index is 0.120. The number of nitrogens with two attached hydrogens (primary N) is 1. The van der Waals surface area contributed by atoms with Gasteiger partial charge in [-0.1, -0.05) is 13.8 Å². The summed E-state index contributed by atoms with van der Waals surface area (Å²) in [6, 6.07) is 0.751. The van der Waals surface area contributed by atoms with Gasteiger partial charge in [0.05, 0.1) is 0 Å². The average molecular weight is 214 g/mol. The summed E-state index contributed by atoms with van der Waals surface area (Å²) in [5, 5.41) is 8.84. The van der Waals surface area contributed by atoms with E-state index in [-0.39, 0.29) is 12.6 Å². The Bertz CT molecular complexity index is 186. The van der Waals surface area contributed by atoms with Crippen molar-refractivity contribution in [2.45, 2.75) is 45.7 Å². The highest BCUT2D eigenvalue weighted by atomic mass is 16.3. The van der Waals surface area contributed by atoms with Crippen molar-refractivity contribution in [3.8, 4) is 0 Å². The van der Waals surface area contributed by atoms with Crippen LogP contribution in [0.3, 0.4) is 0 Å². The molecule has 4 unspecified atom stereocenters. The number of hydrogen-bond acceptors (Lipinski definition) is 3. The Kier molecular flexibility index (Phi) is 5.03. The molecule has 0 radical (unpaired) electrons. The Labute approximate surface area is 93.6 Å². The third-order valence-corrected chi connectivity index (χ3v) is 3.69. The van der Waals surface area contributed by atoms with E-state index < -0.39 is 0 Å². The lowest BCUT2D eigenvalue weighted by molar-refractivity contribution is 0.0714. The monoisotopic (exact) mass is 214 g/mol. The van der Waals surface area contributed by atoms with E-state index in [1.54, 1.807) is 0 Å². The fourth-order valence-electron chi connectivity index (χ4n) is 2.63. The second-order valence-electron chi connectivity index (χ2n) is 5.29. The Morgan fingerprint density at radius 1 is 1.40 bits per heavy atom. The van der Waals surface area contributed by atoms with E-state index in [2.05, 4.69) is 25.7 Å². The van der Waals surface area contributed by atoms with Crippen molar-refractivity contribution >= 4 is 0 Å². The van der Waals surface area contributed by atoms with Crippen LogP contribution in [0.5, 0.6) is 0 Å². The van der Waals surface area contributed by atoms with Crippen molar-refractivity contribution in [2.24, 2.45) is 17.6 Å². The molecule has 0 aliphatic carbocycles. The maximum atomic E-state index is 8.84. The molecule has 1 saturated heterocycles. The summed E-state index contributed by atoms with van der Waals surface area (Å²) in [6.07, 6.45) is 2.04. The maximum Gasteiger partial charge on any atom is 0.0446 e. The zero-order chi connectivity index (χ0) is 11.4. The van der Waals surface area contributed by atoms with E-state index in [1.807, 2.05) is 0 Å². The molecule has 1 fully saturated rings. The lowest BCUT2D eigenvalue weighted by Gasteiger charge is -2.42. The molecule has 0 bridgehead atoms. The standard InChI is InChI=1S/C12H26N2O/c1-9-6-10(2)11(3)14(7-9)8-12(13)4-5-15/h9-12,15H,4-8,13H2,1-3H3. The van der Waals surface area contributed by atoms with E-state index in [9.17, 15) is 0 Å². The van der Waals surface area contributed by atoms with E-state index >= 15 is 0 Å². The maximum absolute atomic E-state index is 8.84. The van der Waals surface area contributed by atoms with Gasteiger partial charge >= 0.3 is 0 Å². The molecule has 0 spiro atoms. The molecule has 3 heteroatoms. The molecule has 0 aromatic rings. The smallest absolute Gasteiger partial charge is 0.0446 e. The summed E-state index contributed by atoms with van der Waals surface area (Å²) in [5.41, 5.74) is 5.97. The summed E-state index contributed by atoms with van der Waals surface area (Å²) >= 11 is 0. The summed E-state index contributed by atoms with van der Waals surface area (Å²) in [4.78, 5) is 2.49. The van der Waals surface area contributed by atoms with E-state index in [4.69, 9.17) is 10.8 Å². The van der Waals surface area contributed by atoms with E-state index in [1.165, 1.54) is 6.42 Å². The highest BCUT2D eigenvalue weighted by Crippen LogP contribution is 2.26. The van der Waals surface area contributed by atoms with Gasteiger partial charge in [-0.3, -0.25) is 4.90 Å². The number of hydrogen-bond donors (Lipinski definition) is 2. The summed E-state index contributed by atoms with van der Waals surface area (Å²) < 4.78 is 0. The summed E-state index contributed by atoms with van der Waals surface area (Å²) in [5.74, 6) is 1.53. The van der Waals surface area contributed by atoms with Gasteiger partial charge < -0.3 is 10.8 Å². The third kappa shape index (κ3) is 3.74. The van der Waals surface area contributed by atoms with Crippen LogP contribution < -0.4 is 5.73 Å². The Hall–Kier alpha value is -0.120. The number of likely N-dealkylation sites (tertiary alicyclic amines) is 1. The lowest BCUT2D eigenvalue weighted by atomic mass is 9.85. The van der Waals surface area contributed by atoms with Gasteiger partial charge in [0.15, 0.2) is 0 Å². The highest BCUT2D eigenvalue weighted by Gasteiger charge is 2.29. The highest BCUT2D eigenvalue weighted by molar-refractivity contribution is 4.83. The van der Waals surface area contributed by atoms with E-state index in [0.717, 1.165) is 24.9 Å². The molecular formula is C12H26N2O. The largest absolute Gasteiger partial charge is 0.396 e. The molecule has 1 rings (SSSR count). The van der Waals surface area contributed by atoms with Crippen LogP contribution in [0, 0.1) is 11.8 Å². The topological polar surface area (TPSA) is 49.5 Å². The lowest BCUT2D eigenvalue weighted by Crippen LogP contribution is -2.50. The predicted molar refractivity (Wildman–Crippen MR) is 63.7 cm³/mol. The fourth-order valence-corrected chi connectivity index (χ4v) is 2.63. The van der Waals surface area contributed by atoms with Gasteiger partial charge in [0.25, 0.3) is 0 Å². The number of aliphatic hydroxyl groups excluding tert-OH is 1. The SMILES string of the molecule is CC1CC(C)C(C)N(CC(N)CCO)C1. The third-order valence-electron chi connectivity index (χ3n) is 3.69. The predicted octanol–water partition coefficient (Wildman–Crippen LogP) is 1.06. The zero-order valence-corrected chi connectivity index (χ0v) is 10.3. The van der Waals surface area contributed by atoms with Crippen molar-refractivity contribution in [3.05, 3.63) is 0 Å². The first-order valence-corrected chi connectivity index (χ1v) is 6.15. The molecule has 3 N–H and O–H groups in total. The van der Waals surface area contributed by atoms with Gasteiger partial charge in [0.1, 0.15) is 0 Å². The van der Waals surface area contributed by atoms with Crippen molar-refractivity contribution in [1.82, 2.24) is 4.90 Å². The molecular weight excluding hydrogens is 188 g/mol. The fraction of sp³-hybridized carbons (Fsp3) is 1.00. The molecule has 0 amide bonds. The average Bonchev–Trinajstić information content (AvgIpc) is 2.13. The van der Waals surface area contributed by atoms with Crippen LogP contribution >= 0.6 is 0 Å². The van der Waals surface area contributed by atoms with Crippen LogP contribution in [-0.4, -0.2) is 41.8 Å². The molecule has 1 aliphatic rings. The van der Waals surface area contributed by atoms with Crippen LogP contribution in [0.2, 0.25) is 0 Å². The number of aliphatic hydroxyl groups is 1. The molecule has 1 aliphatic heterocycles. The summed E-state index contributed by atoms with van der Waals surface area (Å²) in [7, 11) is 0. The van der Waals surface area contributed by atoms with Crippen molar-refractivity contribution in [2.75, 3.05) is 19.7 Å². The minimum atomic E-state index is 0.120. The minimum Gasteiger partial charge on any atom is -0.396 e. The molecule has 1 heterocycles. The molecule has 15 heavy (non-hydrogen) atoms. The number of piperidine rings is 1. The van der Waals surface area contributed by atoms with Crippen LogP contribution in [0.15, 0.2) is 0 Å². The van der Waals surface area contributed by atoms with Crippen molar-refractivity contribution < 1.29 is 5.11 Å². The van der Waals surface area contributed by atoms with Crippen LogP contribution in [-0.2, 0) is 0 Å². The van der Waals surface area contributed by atoms with Gasteiger partial charge in [0, 0.05) is 31.8 Å². The quantitative estimate of drug-likeness (QED) is 0.736. The molecule has 4 atom stereocenters. The van der Waals surface area contributed by atoms with Gasteiger partial charge in [-0.25, -0.2) is 0 Å². The first-order chi connectivity index (χ1) is 7.04. The Balaban J connectivity index is 2.44. The second-order valence-corrected chi connectivity index (χ2v) is 5.29. The Morgan fingerprint density at radius 3 is 2.67 bits per heavy atom. The molecule has 0 aromatic heterocycles. The summed E-state index contributed by atoms with van der Waals surface area (Å²) in [6.45, 7) is 9.22. The second kappa shape index (κ2) is 5.83. The molecule has 3 nitrogen and oxygen atoms in total. The normalized spacial score (nSPS) is 35.4. The van der Waals surface area contributed by atoms with E-state index in [0.29, 0.717) is 12.5 Å². The van der Waals surface area contributed by atoms with Crippen LogP contribution in [0.4, 0.5) is 0 Å². The number of nitrogens with zero attached hydrogens (tertiary/aromatic N) is 1. The van der Waals surface area contributed by atoms with Crippen molar-refractivity contribution in [3.63, 3.8) is 0 Å². The van der Waals surface area contributed by atoms with Crippen LogP contribution in [0.1, 0.15) is 33.6 Å². The van der Waals surface area contributed by atoms with Crippen molar-refractivity contribution in [1.29, 1.82) is 0 Å². The molecule has 0 saturated carbocycles. The van der Waals surface area contributed by atoms with Gasteiger partial charge in [-0.2, -0.15) is 0 Å². The van der Waals surface area contributed by atoms with Gasteiger partial charge in [-0.05, 0) is 31.6 Å². The van der Waals surface area contributed by atoms with Gasteiger partial charge in [0.2, 0.25) is 0 Å². The zero-order valence-electron chi connectivity index (χ0n) is 10.3. The van der Waals surface area contributed by atoms with Gasteiger partial charge in [-0.15, -0.1) is 0 Å². The number of rotatable bonds is 4. The first kappa shape index (κ1) is 12.9. The Morgan fingerprint density at radius 2 is 2.07 bits per heavy atom. The first-order valence-electron chi connectivity index (χ1n) is 6.15. The molecule has 90 valence electrons.